The van der Waals surface area contributed by atoms with E-state index in [2.05, 4.69) is 9.97 Å². The number of aromatic carboxylic acids is 1. The van der Waals surface area contributed by atoms with Crippen molar-refractivity contribution in [3.05, 3.63) is 58.9 Å². The molecule has 0 aliphatic carbocycles. The van der Waals surface area contributed by atoms with Crippen molar-refractivity contribution in [2.45, 2.75) is 5.75 Å². The van der Waals surface area contributed by atoms with Crippen molar-refractivity contribution in [3.8, 4) is 0 Å². The first kappa shape index (κ1) is 15.1. The standard InChI is InChI=1S/C14H11FN2O3S/c1-21-7-11-16-6-10(12(17-11)14(19)20)13(18)8-2-4-9(15)5-3-8/h2-6H,7H2,1H3,(H,19,20). The average Bonchev–Trinajstić information content (AvgIpc) is 2.47. The van der Waals surface area contributed by atoms with E-state index in [0.29, 0.717) is 11.6 Å². The number of hydrogen-bond donors (Lipinski definition) is 1. The van der Waals surface area contributed by atoms with E-state index in [1.165, 1.54) is 30.1 Å². The van der Waals surface area contributed by atoms with Gasteiger partial charge in [-0.15, -0.1) is 0 Å². The molecule has 108 valence electrons. The lowest BCUT2D eigenvalue weighted by atomic mass is 10.0. The topological polar surface area (TPSA) is 80.2 Å². The van der Waals surface area contributed by atoms with E-state index in [1.807, 2.05) is 6.26 Å². The number of carbonyl (C=O) groups excluding carboxylic acids is 1. The molecule has 0 unspecified atom stereocenters. The minimum absolute atomic E-state index is 0.112. The molecule has 0 bridgehead atoms. The third kappa shape index (κ3) is 3.43. The van der Waals surface area contributed by atoms with E-state index in [-0.39, 0.29) is 16.8 Å². The van der Waals surface area contributed by atoms with Crippen molar-refractivity contribution >= 4 is 23.5 Å². The quantitative estimate of drug-likeness (QED) is 0.854. The molecule has 2 aromatic rings. The first-order chi connectivity index (χ1) is 10.0. The highest BCUT2D eigenvalue weighted by Crippen LogP contribution is 2.15. The smallest absolute Gasteiger partial charge is 0.355 e. The molecule has 1 aromatic heterocycles. The molecule has 0 radical (unpaired) electrons. The zero-order chi connectivity index (χ0) is 15.4. The Balaban J connectivity index is 2.44. The maximum atomic E-state index is 12.9. The number of rotatable bonds is 5. The van der Waals surface area contributed by atoms with Gasteiger partial charge in [0.1, 0.15) is 11.6 Å². The summed E-state index contributed by atoms with van der Waals surface area (Å²) in [4.78, 5) is 31.4. The van der Waals surface area contributed by atoms with E-state index in [4.69, 9.17) is 0 Å². The van der Waals surface area contributed by atoms with Gasteiger partial charge in [-0.2, -0.15) is 11.8 Å². The molecular formula is C14H11FN2O3S. The number of nitrogens with zero attached hydrogens (tertiary/aromatic N) is 2. The zero-order valence-electron chi connectivity index (χ0n) is 11.0. The van der Waals surface area contributed by atoms with E-state index in [9.17, 15) is 19.1 Å². The van der Waals surface area contributed by atoms with Crippen molar-refractivity contribution in [2.75, 3.05) is 6.26 Å². The lowest BCUT2D eigenvalue weighted by Gasteiger charge is -2.06. The third-order valence-corrected chi connectivity index (χ3v) is 3.21. The van der Waals surface area contributed by atoms with Gasteiger partial charge in [-0.05, 0) is 30.5 Å². The molecule has 7 heteroatoms. The van der Waals surface area contributed by atoms with Crippen LogP contribution in [-0.4, -0.2) is 33.1 Å². The molecule has 0 saturated heterocycles. The second-order valence-electron chi connectivity index (χ2n) is 4.12. The van der Waals surface area contributed by atoms with Crippen molar-refractivity contribution in [1.82, 2.24) is 9.97 Å². The molecule has 0 amide bonds. The Morgan fingerprint density at radius 1 is 1.29 bits per heavy atom. The van der Waals surface area contributed by atoms with Crippen LogP contribution in [0.15, 0.2) is 30.5 Å². The second-order valence-corrected chi connectivity index (χ2v) is 4.99. The summed E-state index contributed by atoms with van der Waals surface area (Å²) in [5, 5.41) is 9.19. The number of hydrogen-bond acceptors (Lipinski definition) is 5. The molecule has 5 nitrogen and oxygen atoms in total. The van der Waals surface area contributed by atoms with E-state index in [0.717, 1.165) is 12.1 Å². The Labute approximate surface area is 124 Å². The third-order valence-electron chi connectivity index (χ3n) is 2.67. The number of ketones is 1. The first-order valence-corrected chi connectivity index (χ1v) is 7.30. The van der Waals surface area contributed by atoms with Crippen molar-refractivity contribution in [3.63, 3.8) is 0 Å². The Kier molecular flexibility index (Phi) is 4.64. The van der Waals surface area contributed by atoms with Crippen LogP contribution >= 0.6 is 11.8 Å². The molecule has 1 heterocycles. The maximum absolute atomic E-state index is 12.9. The first-order valence-electron chi connectivity index (χ1n) is 5.91. The molecule has 0 saturated carbocycles. The molecule has 0 aliphatic heterocycles. The van der Waals surface area contributed by atoms with Gasteiger partial charge in [0.25, 0.3) is 0 Å². The summed E-state index contributed by atoms with van der Waals surface area (Å²) in [6, 6.07) is 4.85. The number of benzene rings is 1. The van der Waals surface area contributed by atoms with Crippen LogP contribution in [0.4, 0.5) is 4.39 Å². The molecule has 0 spiro atoms. The lowest BCUT2D eigenvalue weighted by molar-refractivity contribution is 0.0685. The minimum Gasteiger partial charge on any atom is -0.476 e. The Hall–Kier alpha value is -2.28. The van der Waals surface area contributed by atoms with Gasteiger partial charge in [0, 0.05) is 11.8 Å². The van der Waals surface area contributed by atoms with E-state index >= 15 is 0 Å². The minimum atomic E-state index is -1.30. The molecule has 1 aromatic carbocycles. The highest BCUT2D eigenvalue weighted by molar-refractivity contribution is 7.97. The molecule has 0 fully saturated rings. The average molecular weight is 306 g/mol. The van der Waals surface area contributed by atoms with Crippen molar-refractivity contribution < 1.29 is 19.1 Å². The fraction of sp³-hybridized carbons (Fsp3) is 0.143. The maximum Gasteiger partial charge on any atom is 0.355 e. The molecule has 1 N–H and O–H groups in total. The van der Waals surface area contributed by atoms with Gasteiger partial charge in [-0.1, -0.05) is 0 Å². The molecular weight excluding hydrogens is 295 g/mol. The summed E-state index contributed by atoms with van der Waals surface area (Å²) >= 11 is 1.44. The monoisotopic (exact) mass is 306 g/mol. The van der Waals surface area contributed by atoms with Gasteiger partial charge in [0.2, 0.25) is 0 Å². The number of carboxylic acid groups (broad SMARTS) is 1. The van der Waals surface area contributed by atoms with Gasteiger partial charge in [0.05, 0.1) is 11.3 Å². The summed E-state index contributed by atoms with van der Waals surface area (Å²) in [7, 11) is 0. The van der Waals surface area contributed by atoms with Gasteiger partial charge in [-0.25, -0.2) is 19.2 Å². The van der Waals surface area contributed by atoms with Crippen LogP contribution in [0.3, 0.4) is 0 Å². The molecule has 0 atom stereocenters. The predicted molar refractivity (Wildman–Crippen MR) is 76.0 cm³/mol. The van der Waals surface area contributed by atoms with Gasteiger partial charge in [0.15, 0.2) is 11.5 Å². The van der Waals surface area contributed by atoms with E-state index < -0.39 is 17.6 Å². The summed E-state index contributed by atoms with van der Waals surface area (Å²) < 4.78 is 12.9. The number of carboxylic acids is 1. The second kappa shape index (κ2) is 6.45. The predicted octanol–water partition coefficient (Wildman–Crippen LogP) is 2.41. The Morgan fingerprint density at radius 2 is 1.95 bits per heavy atom. The van der Waals surface area contributed by atoms with Crippen LogP contribution in [-0.2, 0) is 5.75 Å². The normalized spacial score (nSPS) is 10.4. The fourth-order valence-corrected chi connectivity index (χ4v) is 2.10. The van der Waals surface area contributed by atoms with Crippen LogP contribution in [0.1, 0.15) is 32.2 Å². The SMILES string of the molecule is CSCc1ncc(C(=O)c2ccc(F)cc2)c(C(=O)O)n1. The van der Waals surface area contributed by atoms with E-state index in [1.54, 1.807) is 0 Å². The highest BCUT2D eigenvalue weighted by atomic mass is 32.2. The number of thioether (sulfide) groups is 1. The Bertz CT molecular complexity index is 689. The lowest BCUT2D eigenvalue weighted by Crippen LogP contribution is -2.14. The Morgan fingerprint density at radius 3 is 2.52 bits per heavy atom. The number of carbonyl (C=O) groups is 2. The largest absolute Gasteiger partial charge is 0.476 e. The number of aromatic nitrogens is 2. The number of halogens is 1. The van der Waals surface area contributed by atoms with Crippen LogP contribution in [0.5, 0.6) is 0 Å². The van der Waals surface area contributed by atoms with Gasteiger partial charge in [-0.3, -0.25) is 4.79 Å². The summed E-state index contributed by atoms with van der Waals surface area (Å²) in [6.45, 7) is 0. The van der Waals surface area contributed by atoms with Crippen LogP contribution in [0.25, 0.3) is 0 Å². The van der Waals surface area contributed by atoms with Crippen molar-refractivity contribution in [1.29, 1.82) is 0 Å². The molecule has 2 rings (SSSR count). The van der Waals surface area contributed by atoms with Crippen molar-refractivity contribution in [2.24, 2.45) is 0 Å². The summed E-state index contributed by atoms with van der Waals surface area (Å²) in [5.41, 5.74) is -0.276. The van der Waals surface area contributed by atoms with Gasteiger partial charge < -0.3 is 5.11 Å². The van der Waals surface area contributed by atoms with Crippen LogP contribution in [0.2, 0.25) is 0 Å². The molecule has 21 heavy (non-hydrogen) atoms. The van der Waals surface area contributed by atoms with Gasteiger partial charge >= 0.3 is 5.97 Å². The van der Waals surface area contributed by atoms with Crippen LogP contribution in [0, 0.1) is 5.82 Å². The highest BCUT2D eigenvalue weighted by Gasteiger charge is 2.21. The van der Waals surface area contributed by atoms with Crippen LogP contribution < -0.4 is 0 Å². The zero-order valence-corrected chi connectivity index (χ0v) is 11.9. The fourth-order valence-electron chi connectivity index (χ4n) is 1.70. The molecule has 0 aliphatic rings. The summed E-state index contributed by atoms with van der Waals surface area (Å²) in [5.74, 6) is -1.54. The summed E-state index contributed by atoms with van der Waals surface area (Å²) in [6.07, 6.45) is 3.04.